The first-order chi connectivity index (χ1) is 16.9. The van der Waals surface area contributed by atoms with Crippen LogP contribution in [0.2, 0.25) is 5.04 Å². The van der Waals surface area contributed by atoms with Crippen molar-refractivity contribution in [1.82, 2.24) is 0 Å². The van der Waals surface area contributed by atoms with Crippen LogP contribution in [0.25, 0.3) is 0 Å². The molecule has 4 rings (SSSR count). The third-order valence-electron chi connectivity index (χ3n) is 7.86. The van der Waals surface area contributed by atoms with Gasteiger partial charge >= 0.3 is 5.97 Å². The lowest BCUT2D eigenvalue weighted by Crippen LogP contribution is -2.66. The number of fused-ring (bicyclic) bond motifs is 1. The Bertz CT molecular complexity index is 924. The minimum atomic E-state index is -2.40. The number of unbranched alkanes of at least 4 members (excludes halogenated alkanes) is 5. The molecule has 35 heavy (non-hydrogen) atoms. The molecule has 1 fully saturated rings. The molecular weight excluding hydrogens is 448 g/mol. The van der Waals surface area contributed by atoms with Crippen molar-refractivity contribution < 1.29 is 14.0 Å². The maximum Gasteiger partial charge on any atom is 0.306 e. The van der Waals surface area contributed by atoms with Crippen molar-refractivity contribution in [3.63, 3.8) is 0 Å². The third kappa shape index (κ3) is 5.98. The second kappa shape index (κ2) is 11.7. The minimum Gasteiger partial charge on any atom is -0.458 e. The predicted molar refractivity (Wildman–Crippen MR) is 147 cm³/mol. The summed E-state index contributed by atoms with van der Waals surface area (Å²) in [5.41, 5.74) is 0. The van der Waals surface area contributed by atoms with Crippen molar-refractivity contribution in [1.29, 1.82) is 0 Å². The van der Waals surface area contributed by atoms with Crippen LogP contribution in [0.3, 0.4) is 0 Å². The maximum absolute atomic E-state index is 11.5. The topological polar surface area (TPSA) is 35.5 Å². The highest BCUT2D eigenvalue weighted by Crippen LogP contribution is 2.39. The van der Waals surface area contributed by atoms with E-state index in [9.17, 15) is 4.79 Å². The first kappa shape index (κ1) is 25.9. The predicted octanol–water partition coefficient (Wildman–Crippen LogP) is 6.41. The van der Waals surface area contributed by atoms with Crippen LogP contribution >= 0.6 is 0 Å². The fourth-order valence-electron chi connectivity index (χ4n) is 6.05. The molecule has 2 aromatic rings. The second-order valence-corrected chi connectivity index (χ2v) is 15.6. The molecule has 0 bridgehead atoms. The van der Waals surface area contributed by atoms with Crippen LogP contribution in [-0.4, -0.2) is 27.0 Å². The third-order valence-corrected chi connectivity index (χ3v) is 12.9. The zero-order chi connectivity index (χ0) is 24.7. The largest absolute Gasteiger partial charge is 0.458 e. The SMILES string of the molecule is CC(C)(C)[Si](OCCCCCCCC[C@H]1C=C[C@H]2OC(=O)C[C@@H]12)(c1ccccc1)c1ccccc1. The van der Waals surface area contributed by atoms with Crippen molar-refractivity contribution in [3.8, 4) is 0 Å². The standard InChI is InChI=1S/C31H42O3Si/c1-31(2,3)35(26-17-11-8-12-18-26,27-19-13-9-14-20-27)33-23-15-7-5-4-6-10-16-25-21-22-29-28(25)24-30(32)34-29/h8-9,11-14,17-22,25,28-29H,4-7,10,15-16,23-24H2,1-3H3/t25-,28-,29+/m0/s1. The molecule has 3 nitrogen and oxygen atoms in total. The van der Waals surface area contributed by atoms with E-state index in [0.29, 0.717) is 18.3 Å². The highest BCUT2D eigenvalue weighted by Gasteiger charge is 2.50. The number of allylic oxidation sites excluding steroid dienone is 1. The molecule has 2 aromatic carbocycles. The fourth-order valence-corrected chi connectivity index (χ4v) is 10.7. The van der Waals surface area contributed by atoms with Crippen LogP contribution in [0.4, 0.5) is 0 Å². The Kier molecular flexibility index (Phi) is 8.67. The number of carbonyl (C=O) groups is 1. The molecule has 0 unspecified atom stereocenters. The van der Waals surface area contributed by atoms with E-state index in [1.807, 2.05) is 0 Å². The average molecular weight is 491 g/mol. The summed E-state index contributed by atoms with van der Waals surface area (Å²) in [5, 5.41) is 2.76. The van der Waals surface area contributed by atoms with Gasteiger partial charge in [0, 0.05) is 12.5 Å². The van der Waals surface area contributed by atoms with Gasteiger partial charge in [-0.25, -0.2) is 0 Å². The highest BCUT2D eigenvalue weighted by atomic mass is 28.4. The Hall–Kier alpha value is -2.17. The van der Waals surface area contributed by atoms with E-state index in [0.717, 1.165) is 13.0 Å². The van der Waals surface area contributed by atoms with Gasteiger partial charge in [-0.3, -0.25) is 4.79 Å². The molecule has 0 amide bonds. The van der Waals surface area contributed by atoms with Crippen molar-refractivity contribution in [3.05, 3.63) is 72.8 Å². The Balaban J connectivity index is 1.23. The molecule has 0 aromatic heterocycles. The summed E-state index contributed by atoms with van der Waals surface area (Å²) in [7, 11) is -2.40. The van der Waals surface area contributed by atoms with Crippen LogP contribution in [0.15, 0.2) is 72.8 Å². The summed E-state index contributed by atoms with van der Waals surface area (Å²) < 4.78 is 12.4. The van der Waals surface area contributed by atoms with Gasteiger partial charge in [-0.05, 0) is 40.2 Å². The van der Waals surface area contributed by atoms with Crippen molar-refractivity contribution in [2.75, 3.05) is 6.61 Å². The van der Waals surface area contributed by atoms with E-state index in [4.69, 9.17) is 9.16 Å². The van der Waals surface area contributed by atoms with E-state index in [-0.39, 0.29) is 17.1 Å². The summed E-state index contributed by atoms with van der Waals surface area (Å²) in [5.74, 6) is 0.919. The number of hydrogen-bond donors (Lipinski definition) is 0. The van der Waals surface area contributed by atoms with Gasteiger partial charge in [-0.1, -0.05) is 120 Å². The number of ether oxygens (including phenoxy) is 1. The number of carbonyl (C=O) groups excluding carboxylic acids is 1. The van der Waals surface area contributed by atoms with Crippen LogP contribution in [0, 0.1) is 11.8 Å². The molecule has 4 heteroatoms. The van der Waals surface area contributed by atoms with Crippen LogP contribution in [0.1, 0.15) is 72.1 Å². The second-order valence-electron chi connectivity index (χ2n) is 11.3. The lowest BCUT2D eigenvalue weighted by molar-refractivity contribution is -0.140. The monoisotopic (exact) mass is 490 g/mol. The minimum absolute atomic E-state index is 0.0189. The van der Waals surface area contributed by atoms with Crippen molar-refractivity contribution in [2.24, 2.45) is 11.8 Å². The van der Waals surface area contributed by atoms with Gasteiger partial charge in [0.2, 0.25) is 0 Å². The Morgan fingerprint density at radius 3 is 2.00 bits per heavy atom. The van der Waals surface area contributed by atoms with E-state index in [2.05, 4.69) is 93.6 Å². The average Bonchev–Trinajstić information content (AvgIpc) is 3.40. The van der Waals surface area contributed by atoms with E-state index < -0.39 is 8.32 Å². The fraction of sp³-hybridized carbons (Fsp3) is 0.516. The van der Waals surface area contributed by atoms with E-state index >= 15 is 0 Å². The van der Waals surface area contributed by atoms with Crippen molar-refractivity contribution >= 4 is 24.7 Å². The van der Waals surface area contributed by atoms with Crippen LogP contribution < -0.4 is 10.4 Å². The molecule has 1 saturated heterocycles. The van der Waals surface area contributed by atoms with E-state index in [1.165, 1.54) is 48.9 Å². The van der Waals surface area contributed by atoms with E-state index in [1.54, 1.807) is 0 Å². The van der Waals surface area contributed by atoms with Gasteiger partial charge in [0.15, 0.2) is 0 Å². The zero-order valence-corrected chi connectivity index (χ0v) is 22.7. The lowest BCUT2D eigenvalue weighted by atomic mass is 9.88. The smallest absolute Gasteiger partial charge is 0.306 e. The summed E-state index contributed by atoms with van der Waals surface area (Å²) in [6.07, 6.45) is 13.6. The quantitative estimate of drug-likeness (QED) is 0.149. The Morgan fingerprint density at radius 1 is 0.829 bits per heavy atom. The summed E-state index contributed by atoms with van der Waals surface area (Å²) in [6, 6.07) is 21.8. The molecule has 3 atom stereocenters. The maximum atomic E-state index is 11.5. The first-order valence-electron chi connectivity index (χ1n) is 13.5. The highest BCUT2D eigenvalue weighted by molar-refractivity contribution is 6.99. The molecule has 0 radical (unpaired) electrons. The van der Waals surface area contributed by atoms with Crippen molar-refractivity contribution in [2.45, 2.75) is 83.3 Å². The molecule has 188 valence electrons. The first-order valence-corrected chi connectivity index (χ1v) is 15.5. The molecule has 1 aliphatic carbocycles. The van der Waals surface area contributed by atoms with Crippen LogP contribution in [0.5, 0.6) is 0 Å². The molecule has 1 heterocycles. The lowest BCUT2D eigenvalue weighted by Gasteiger charge is -2.43. The van der Waals surface area contributed by atoms with Gasteiger partial charge in [0.25, 0.3) is 8.32 Å². The number of esters is 1. The summed E-state index contributed by atoms with van der Waals surface area (Å²) in [6.45, 7) is 7.84. The molecule has 2 aliphatic rings. The van der Waals surface area contributed by atoms with Gasteiger partial charge in [-0.2, -0.15) is 0 Å². The Morgan fingerprint density at radius 2 is 1.40 bits per heavy atom. The Labute approximate surface area is 213 Å². The molecule has 0 N–H and O–H groups in total. The summed E-state index contributed by atoms with van der Waals surface area (Å²) in [4.78, 5) is 11.5. The van der Waals surface area contributed by atoms with Crippen LogP contribution in [-0.2, 0) is 14.0 Å². The van der Waals surface area contributed by atoms with Gasteiger partial charge in [0.1, 0.15) is 6.10 Å². The number of rotatable bonds is 12. The normalized spacial score (nSPS) is 21.8. The molecule has 0 saturated carbocycles. The number of hydrogen-bond acceptors (Lipinski definition) is 3. The molecular formula is C31H42O3Si. The molecule has 1 aliphatic heterocycles. The number of benzene rings is 2. The molecule has 0 spiro atoms. The van der Waals surface area contributed by atoms with Gasteiger partial charge in [0.05, 0.1) is 6.42 Å². The zero-order valence-electron chi connectivity index (χ0n) is 21.7. The van der Waals surface area contributed by atoms with Gasteiger partial charge in [-0.15, -0.1) is 0 Å². The summed E-state index contributed by atoms with van der Waals surface area (Å²) >= 11 is 0. The van der Waals surface area contributed by atoms with Gasteiger partial charge < -0.3 is 9.16 Å².